The average molecular weight is 200 g/mol. The fraction of sp³-hybridized carbons (Fsp3) is 0.333. The van der Waals surface area contributed by atoms with Gasteiger partial charge in [0.25, 0.3) is 0 Å². The molecule has 72 valence electrons. The Hall–Kier alpha value is -0.710. The second kappa shape index (κ2) is 2.41. The minimum absolute atomic E-state index is 0.141. The topological polar surface area (TPSA) is 57.5 Å². The van der Waals surface area contributed by atoms with Gasteiger partial charge >= 0.3 is 0 Å². The van der Waals surface area contributed by atoms with Gasteiger partial charge in [0.05, 0.1) is 10.1 Å². The predicted octanol–water partition coefficient (Wildman–Crippen LogP) is 1.97. The molecular weight excluding hydrogens is 188 g/mol. The Labute approximate surface area is 76.8 Å². The molecule has 2 N–H and O–H groups in total. The third kappa shape index (κ3) is 1.41. The molecule has 0 aromatic heterocycles. The van der Waals surface area contributed by atoms with E-state index in [0.29, 0.717) is 12.8 Å². The van der Waals surface area contributed by atoms with Gasteiger partial charge in [-0.25, -0.2) is 4.21 Å². The van der Waals surface area contributed by atoms with Crippen LogP contribution in [0.15, 0.2) is 35.2 Å². The Bertz CT molecular complexity index is 375. The van der Waals surface area contributed by atoms with Gasteiger partial charge in [-0.15, -0.1) is 0 Å². The molecule has 1 saturated carbocycles. The zero-order valence-electron chi connectivity index (χ0n) is 7.09. The van der Waals surface area contributed by atoms with Crippen LogP contribution >= 0.6 is 0 Å². The fourth-order valence-electron chi connectivity index (χ4n) is 1.36. The molecule has 1 aromatic carbocycles. The summed E-state index contributed by atoms with van der Waals surface area (Å²) in [5.41, 5.74) is 0. The van der Waals surface area contributed by atoms with Crippen LogP contribution in [0.5, 0.6) is 0 Å². The predicted molar refractivity (Wildman–Crippen MR) is 51.1 cm³/mol. The molecule has 1 aromatic rings. The van der Waals surface area contributed by atoms with Crippen molar-refractivity contribution in [3.05, 3.63) is 30.3 Å². The molecule has 1 aliphatic carbocycles. The van der Waals surface area contributed by atoms with Gasteiger partial charge in [0.15, 0.2) is 0 Å². The van der Waals surface area contributed by atoms with Crippen molar-refractivity contribution in [2.45, 2.75) is 23.0 Å². The van der Waals surface area contributed by atoms with E-state index in [0.717, 1.165) is 0 Å². The first-order chi connectivity index (χ1) is 5.99. The minimum atomic E-state index is -4.51. The van der Waals surface area contributed by atoms with Gasteiger partial charge < -0.3 is 9.11 Å². The van der Waals surface area contributed by atoms with Gasteiger partial charge in [-0.05, 0) is 25.0 Å². The van der Waals surface area contributed by atoms with Crippen molar-refractivity contribution in [2.24, 2.45) is 0 Å². The van der Waals surface area contributed by atoms with Crippen LogP contribution in [0.1, 0.15) is 12.8 Å². The van der Waals surface area contributed by atoms with Crippen LogP contribution in [0.3, 0.4) is 0 Å². The van der Waals surface area contributed by atoms with Crippen LogP contribution in [-0.2, 0) is 9.63 Å². The lowest BCUT2D eigenvalue weighted by molar-refractivity contribution is 0.388. The molecule has 0 radical (unpaired) electrons. The van der Waals surface area contributed by atoms with Gasteiger partial charge in [-0.2, -0.15) is 0 Å². The summed E-state index contributed by atoms with van der Waals surface area (Å²) in [6.45, 7) is 0. The first-order valence-corrected chi connectivity index (χ1v) is 6.14. The lowest BCUT2D eigenvalue weighted by Crippen LogP contribution is -2.36. The molecule has 0 heterocycles. The van der Waals surface area contributed by atoms with Crippen molar-refractivity contribution in [1.29, 1.82) is 0 Å². The highest BCUT2D eigenvalue weighted by molar-refractivity contribution is 8.11. The van der Waals surface area contributed by atoms with E-state index in [1.54, 1.807) is 18.2 Å². The zero-order chi connectivity index (χ0) is 9.55. The van der Waals surface area contributed by atoms with Crippen LogP contribution in [-0.4, -0.2) is 18.6 Å². The minimum Gasteiger partial charge on any atom is -0.304 e. The first-order valence-electron chi connectivity index (χ1n) is 4.20. The second-order valence-corrected chi connectivity index (χ2v) is 6.42. The molecule has 2 rings (SSSR count). The Morgan fingerprint density at radius 1 is 1.15 bits per heavy atom. The van der Waals surface area contributed by atoms with E-state index in [1.807, 2.05) is 0 Å². The summed E-state index contributed by atoms with van der Waals surface area (Å²) in [5.74, 6) is 0. The summed E-state index contributed by atoms with van der Waals surface area (Å²) in [6, 6.07) is 8.04. The molecule has 0 spiro atoms. The van der Waals surface area contributed by atoms with Crippen molar-refractivity contribution >= 4 is 9.63 Å². The first kappa shape index (κ1) is 8.87. The molecule has 0 amide bonds. The van der Waals surface area contributed by atoms with Crippen LogP contribution in [0.2, 0.25) is 0 Å². The van der Waals surface area contributed by atoms with Crippen molar-refractivity contribution in [3.63, 3.8) is 0 Å². The maximum Gasteiger partial charge on any atom is 0.112 e. The van der Waals surface area contributed by atoms with E-state index in [9.17, 15) is 13.3 Å². The maximum atomic E-state index is 11.9. The molecule has 1 fully saturated rings. The summed E-state index contributed by atoms with van der Waals surface area (Å²) >= 11 is 0. The highest BCUT2D eigenvalue weighted by Gasteiger charge is 2.48. The van der Waals surface area contributed by atoms with Crippen molar-refractivity contribution < 1.29 is 13.3 Å². The lowest BCUT2D eigenvalue weighted by Gasteiger charge is -2.30. The molecule has 13 heavy (non-hydrogen) atoms. The van der Waals surface area contributed by atoms with E-state index in [1.165, 1.54) is 12.1 Å². The van der Waals surface area contributed by atoms with E-state index in [4.69, 9.17) is 0 Å². The third-order valence-electron chi connectivity index (χ3n) is 2.31. The van der Waals surface area contributed by atoms with Crippen molar-refractivity contribution in [2.75, 3.05) is 0 Å². The molecule has 0 bridgehead atoms. The van der Waals surface area contributed by atoms with E-state index in [2.05, 4.69) is 0 Å². The highest BCUT2D eigenvalue weighted by Crippen LogP contribution is 2.45. The molecular formula is C9H12O3S. The monoisotopic (exact) mass is 200 g/mol. The number of rotatable bonds is 2. The Balaban J connectivity index is 2.50. The van der Waals surface area contributed by atoms with Gasteiger partial charge in [0.1, 0.15) is 9.63 Å². The molecule has 0 atom stereocenters. The summed E-state index contributed by atoms with van der Waals surface area (Å²) < 4.78 is 31.3. The van der Waals surface area contributed by atoms with Gasteiger partial charge in [0.2, 0.25) is 0 Å². The Kier molecular flexibility index (Phi) is 1.64. The van der Waals surface area contributed by atoms with E-state index < -0.39 is 14.9 Å². The Morgan fingerprint density at radius 3 is 2.15 bits per heavy atom. The van der Waals surface area contributed by atoms with Crippen molar-refractivity contribution in [1.82, 2.24) is 0 Å². The van der Waals surface area contributed by atoms with E-state index >= 15 is 0 Å². The Morgan fingerprint density at radius 2 is 1.69 bits per heavy atom. The quantitative estimate of drug-likeness (QED) is 0.767. The highest BCUT2D eigenvalue weighted by atomic mass is 32.3. The SMILES string of the molecule is O=S(O)(O)(c1ccccc1)C1CC1. The fourth-order valence-corrected chi connectivity index (χ4v) is 3.40. The number of hydrogen-bond acceptors (Lipinski definition) is 1. The zero-order valence-corrected chi connectivity index (χ0v) is 7.91. The summed E-state index contributed by atoms with van der Waals surface area (Å²) in [6.07, 6.45) is 1.26. The summed E-state index contributed by atoms with van der Waals surface area (Å²) in [7, 11) is -4.51. The standard InChI is InChI=1S/C9H12O3S/c10-13(11,12,9-6-7-9)8-4-2-1-3-5-8/h1-5,9H,6-7H2,(H2,10,11,12). The van der Waals surface area contributed by atoms with Crippen molar-refractivity contribution in [3.8, 4) is 0 Å². The molecule has 0 aliphatic heterocycles. The van der Waals surface area contributed by atoms with Gasteiger partial charge in [-0.1, -0.05) is 18.2 Å². The van der Waals surface area contributed by atoms with Gasteiger partial charge in [0, 0.05) is 0 Å². The molecule has 0 unspecified atom stereocenters. The third-order valence-corrected chi connectivity index (χ3v) is 5.14. The lowest BCUT2D eigenvalue weighted by atomic mass is 10.4. The smallest absolute Gasteiger partial charge is 0.112 e. The van der Waals surface area contributed by atoms with Crippen LogP contribution in [0.4, 0.5) is 0 Å². The van der Waals surface area contributed by atoms with E-state index in [-0.39, 0.29) is 4.90 Å². The molecule has 3 nitrogen and oxygen atoms in total. The number of hydrogen-bond donors (Lipinski definition) is 2. The van der Waals surface area contributed by atoms with Crippen LogP contribution in [0.25, 0.3) is 0 Å². The van der Waals surface area contributed by atoms with Crippen LogP contribution in [0, 0.1) is 0 Å². The average Bonchev–Trinajstić information content (AvgIpc) is 2.87. The summed E-state index contributed by atoms with van der Waals surface area (Å²) in [4.78, 5) is 0.141. The second-order valence-electron chi connectivity index (χ2n) is 3.43. The summed E-state index contributed by atoms with van der Waals surface area (Å²) in [5, 5.41) is -0.459. The molecule has 4 heteroatoms. The number of benzene rings is 1. The van der Waals surface area contributed by atoms with Crippen LogP contribution < -0.4 is 0 Å². The molecule has 1 aliphatic rings. The molecule has 0 saturated heterocycles. The largest absolute Gasteiger partial charge is 0.304 e. The normalized spacial score (nSPS) is 20.6. The maximum absolute atomic E-state index is 11.9. The van der Waals surface area contributed by atoms with Gasteiger partial charge in [-0.3, -0.25) is 0 Å².